The molecule has 0 bridgehead atoms. The summed E-state index contributed by atoms with van der Waals surface area (Å²) in [7, 11) is 0. The van der Waals surface area contributed by atoms with Crippen molar-refractivity contribution >= 4 is 5.91 Å². The van der Waals surface area contributed by atoms with Crippen molar-refractivity contribution in [3.05, 3.63) is 47.5 Å². The van der Waals surface area contributed by atoms with E-state index < -0.39 is 29.2 Å². The zero-order valence-electron chi connectivity index (χ0n) is 11.8. The van der Waals surface area contributed by atoms with Gasteiger partial charge in [-0.1, -0.05) is 32.9 Å². The van der Waals surface area contributed by atoms with Gasteiger partial charge < -0.3 is 10.4 Å². The first-order valence-electron chi connectivity index (χ1n) is 6.30. The van der Waals surface area contributed by atoms with E-state index in [9.17, 15) is 18.7 Å². The Balaban J connectivity index is 2.62. The van der Waals surface area contributed by atoms with E-state index in [1.807, 2.05) is 20.8 Å². The van der Waals surface area contributed by atoms with E-state index >= 15 is 0 Å². The number of nitrogens with one attached hydrogen (secondary N) is 1. The minimum atomic E-state index is -1.43. The van der Waals surface area contributed by atoms with Crippen LogP contribution in [0.4, 0.5) is 8.78 Å². The van der Waals surface area contributed by atoms with Crippen LogP contribution in [0.2, 0.25) is 0 Å². The lowest BCUT2D eigenvalue weighted by Crippen LogP contribution is -2.27. The average molecular weight is 283 g/mol. The summed E-state index contributed by atoms with van der Waals surface area (Å²) in [6, 6.07) is 3.33. The summed E-state index contributed by atoms with van der Waals surface area (Å²) in [5.74, 6) is -2.09. The van der Waals surface area contributed by atoms with Crippen LogP contribution in [0.3, 0.4) is 0 Å². The number of benzene rings is 1. The van der Waals surface area contributed by atoms with Crippen molar-refractivity contribution in [3.63, 3.8) is 0 Å². The van der Waals surface area contributed by atoms with Crippen molar-refractivity contribution in [2.75, 3.05) is 6.54 Å². The highest BCUT2D eigenvalue weighted by Crippen LogP contribution is 2.20. The molecule has 0 heterocycles. The topological polar surface area (TPSA) is 49.3 Å². The van der Waals surface area contributed by atoms with Gasteiger partial charge in [0, 0.05) is 6.54 Å². The van der Waals surface area contributed by atoms with E-state index in [0.29, 0.717) is 0 Å². The molecule has 0 radical (unpaired) electrons. The van der Waals surface area contributed by atoms with Crippen molar-refractivity contribution in [1.29, 1.82) is 0 Å². The molecule has 0 aliphatic heterocycles. The van der Waals surface area contributed by atoms with E-state index in [0.717, 1.165) is 12.1 Å². The summed E-state index contributed by atoms with van der Waals surface area (Å²) >= 11 is 0. The molecular formula is C15H19F2NO2. The standard InChI is InChI=1S/C15H19F2NO2/c1-15(2,3)8-7-13(20)18-9-12(19)14-10(16)5-4-6-11(14)17/h4-8,12,19H,9H2,1-3H3,(H,18,20)/b8-7+. The molecule has 0 aliphatic carbocycles. The van der Waals surface area contributed by atoms with Crippen LogP contribution in [0.1, 0.15) is 32.4 Å². The average Bonchev–Trinajstić information content (AvgIpc) is 2.32. The van der Waals surface area contributed by atoms with Crippen LogP contribution in [0.15, 0.2) is 30.4 Å². The molecule has 1 atom stereocenters. The maximum atomic E-state index is 13.4. The van der Waals surface area contributed by atoms with Gasteiger partial charge in [0.15, 0.2) is 0 Å². The van der Waals surface area contributed by atoms with Gasteiger partial charge in [0.1, 0.15) is 17.7 Å². The summed E-state index contributed by atoms with van der Waals surface area (Å²) in [6.45, 7) is 5.53. The largest absolute Gasteiger partial charge is 0.386 e. The number of aliphatic hydroxyl groups excluding tert-OH is 1. The highest BCUT2D eigenvalue weighted by atomic mass is 19.1. The second kappa shape index (κ2) is 6.61. The van der Waals surface area contributed by atoms with Crippen LogP contribution in [-0.2, 0) is 4.79 Å². The number of carbonyl (C=O) groups excluding carboxylic acids is 1. The second-order valence-corrected chi connectivity index (χ2v) is 5.60. The smallest absolute Gasteiger partial charge is 0.243 e. The lowest BCUT2D eigenvalue weighted by atomic mass is 9.96. The van der Waals surface area contributed by atoms with Crippen LogP contribution in [-0.4, -0.2) is 17.6 Å². The maximum absolute atomic E-state index is 13.4. The molecule has 1 rings (SSSR count). The summed E-state index contributed by atoms with van der Waals surface area (Å²) in [5, 5.41) is 12.1. The molecule has 110 valence electrons. The second-order valence-electron chi connectivity index (χ2n) is 5.60. The Morgan fingerprint density at radius 2 is 1.90 bits per heavy atom. The van der Waals surface area contributed by atoms with Crippen LogP contribution in [0, 0.1) is 17.0 Å². The number of amides is 1. The molecule has 20 heavy (non-hydrogen) atoms. The van der Waals surface area contributed by atoms with E-state index in [1.165, 1.54) is 12.1 Å². The number of hydrogen-bond donors (Lipinski definition) is 2. The molecule has 1 aromatic rings. The summed E-state index contributed by atoms with van der Waals surface area (Å²) in [6.07, 6.45) is 1.62. The Kier molecular flexibility index (Phi) is 5.39. The Labute approximate surface area is 117 Å². The first kappa shape index (κ1) is 16.3. The molecule has 2 N–H and O–H groups in total. The molecule has 1 aromatic carbocycles. The van der Waals surface area contributed by atoms with Crippen molar-refractivity contribution in [2.24, 2.45) is 5.41 Å². The number of halogens is 2. The van der Waals surface area contributed by atoms with Gasteiger partial charge in [-0.2, -0.15) is 0 Å². The molecule has 3 nitrogen and oxygen atoms in total. The van der Waals surface area contributed by atoms with Gasteiger partial charge in [0.2, 0.25) is 5.91 Å². The molecule has 0 aliphatic rings. The zero-order valence-corrected chi connectivity index (χ0v) is 11.8. The minimum absolute atomic E-state index is 0.145. The molecule has 0 spiro atoms. The van der Waals surface area contributed by atoms with Crippen LogP contribution in [0.25, 0.3) is 0 Å². The molecule has 0 fully saturated rings. The molecule has 0 saturated carbocycles. The predicted molar refractivity (Wildman–Crippen MR) is 72.9 cm³/mol. The van der Waals surface area contributed by atoms with Crippen LogP contribution in [0.5, 0.6) is 0 Å². The highest BCUT2D eigenvalue weighted by Gasteiger charge is 2.18. The van der Waals surface area contributed by atoms with Crippen LogP contribution < -0.4 is 5.32 Å². The molecule has 1 amide bonds. The molecule has 0 saturated heterocycles. The van der Waals surface area contributed by atoms with E-state index in [2.05, 4.69) is 5.32 Å². The van der Waals surface area contributed by atoms with Gasteiger partial charge in [-0.25, -0.2) is 8.78 Å². The number of carbonyl (C=O) groups is 1. The summed E-state index contributed by atoms with van der Waals surface area (Å²) in [4.78, 5) is 11.5. The molecule has 0 aromatic heterocycles. The predicted octanol–water partition coefficient (Wildman–Crippen LogP) is 2.72. The van der Waals surface area contributed by atoms with Crippen molar-refractivity contribution in [1.82, 2.24) is 5.32 Å². The van der Waals surface area contributed by atoms with Crippen molar-refractivity contribution < 1.29 is 18.7 Å². The quantitative estimate of drug-likeness (QED) is 0.835. The van der Waals surface area contributed by atoms with Crippen molar-refractivity contribution in [2.45, 2.75) is 26.9 Å². The third-order valence-electron chi connectivity index (χ3n) is 2.54. The fourth-order valence-corrected chi connectivity index (χ4v) is 1.51. The summed E-state index contributed by atoms with van der Waals surface area (Å²) < 4.78 is 26.8. The van der Waals surface area contributed by atoms with E-state index in [1.54, 1.807) is 6.08 Å². The number of rotatable bonds is 4. The molecular weight excluding hydrogens is 264 g/mol. The lowest BCUT2D eigenvalue weighted by molar-refractivity contribution is -0.117. The monoisotopic (exact) mass is 283 g/mol. The van der Waals surface area contributed by atoms with Crippen molar-refractivity contribution in [3.8, 4) is 0 Å². The third-order valence-corrected chi connectivity index (χ3v) is 2.54. The number of aliphatic hydroxyl groups is 1. The third kappa shape index (κ3) is 5.09. The molecule has 1 unspecified atom stereocenters. The minimum Gasteiger partial charge on any atom is -0.386 e. The SMILES string of the molecule is CC(C)(C)/C=C/C(=O)NCC(O)c1c(F)cccc1F. The lowest BCUT2D eigenvalue weighted by Gasteiger charge is -2.14. The Morgan fingerprint density at radius 1 is 1.35 bits per heavy atom. The van der Waals surface area contributed by atoms with E-state index in [4.69, 9.17) is 0 Å². The fraction of sp³-hybridized carbons (Fsp3) is 0.400. The zero-order chi connectivity index (χ0) is 15.3. The Hall–Kier alpha value is -1.75. The Bertz CT molecular complexity index is 487. The number of allylic oxidation sites excluding steroid dienone is 1. The first-order valence-corrected chi connectivity index (χ1v) is 6.30. The van der Waals surface area contributed by atoms with Crippen LogP contribution >= 0.6 is 0 Å². The Morgan fingerprint density at radius 3 is 2.40 bits per heavy atom. The van der Waals surface area contributed by atoms with Gasteiger partial charge in [-0.15, -0.1) is 0 Å². The number of hydrogen-bond acceptors (Lipinski definition) is 2. The maximum Gasteiger partial charge on any atom is 0.243 e. The van der Waals surface area contributed by atoms with E-state index in [-0.39, 0.29) is 12.0 Å². The van der Waals surface area contributed by atoms with Gasteiger partial charge in [-0.3, -0.25) is 4.79 Å². The van der Waals surface area contributed by atoms with Gasteiger partial charge in [-0.05, 0) is 23.6 Å². The van der Waals surface area contributed by atoms with Gasteiger partial charge >= 0.3 is 0 Å². The summed E-state index contributed by atoms with van der Waals surface area (Å²) in [5.41, 5.74) is -0.583. The normalized spacial score (nSPS) is 13.5. The molecule has 5 heteroatoms. The van der Waals surface area contributed by atoms with Gasteiger partial charge in [0.05, 0.1) is 5.56 Å². The fourth-order valence-electron chi connectivity index (χ4n) is 1.51. The first-order chi connectivity index (χ1) is 9.20. The highest BCUT2D eigenvalue weighted by molar-refractivity contribution is 5.87. The van der Waals surface area contributed by atoms with Gasteiger partial charge in [0.25, 0.3) is 0 Å².